The third-order valence-electron chi connectivity index (χ3n) is 2.73. The van der Waals surface area contributed by atoms with E-state index < -0.39 is 0 Å². The Labute approximate surface area is 160 Å². The molecule has 0 aliphatic carbocycles. The maximum atomic E-state index is 11.8. The van der Waals surface area contributed by atoms with E-state index in [1.807, 2.05) is 18.2 Å². The largest absolute Gasteiger partial charge is 0.375 e. The zero-order valence-corrected chi connectivity index (χ0v) is 16.3. The summed E-state index contributed by atoms with van der Waals surface area (Å²) in [5, 5.41) is 7.89. The summed E-state index contributed by atoms with van der Waals surface area (Å²) in [5.74, 6) is -0.277. The van der Waals surface area contributed by atoms with Gasteiger partial charge in [-0.2, -0.15) is 5.10 Å². The Hall–Kier alpha value is -1.08. The number of rotatable bonds is 5. The Bertz CT molecular complexity index is 753. The van der Waals surface area contributed by atoms with Gasteiger partial charge in [0.25, 0.3) is 5.91 Å². The SMILES string of the molecule is O=C(CNc1ccc(Br)cc1Br)N/N=C/c1ccc(Cl)cc1Cl. The van der Waals surface area contributed by atoms with Gasteiger partial charge in [-0.05, 0) is 46.3 Å². The lowest BCUT2D eigenvalue weighted by atomic mass is 10.2. The van der Waals surface area contributed by atoms with Gasteiger partial charge in [0.1, 0.15) is 0 Å². The molecule has 1 amide bonds. The minimum Gasteiger partial charge on any atom is -0.375 e. The van der Waals surface area contributed by atoms with Gasteiger partial charge in [0.2, 0.25) is 0 Å². The molecule has 0 aliphatic rings. The minimum absolute atomic E-state index is 0.0892. The van der Waals surface area contributed by atoms with E-state index in [1.165, 1.54) is 6.21 Å². The van der Waals surface area contributed by atoms with Crippen LogP contribution in [0.5, 0.6) is 0 Å². The molecular formula is C15H11Br2Cl2N3O. The summed E-state index contributed by atoms with van der Waals surface area (Å²) >= 11 is 18.6. The topological polar surface area (TPSA) is 53.5 Å². The molecule has 0 aromatic heterocycles. The summed E-state index contributed by atoms with van der Waals surface area (Å²) < 4.78 is 1.81. The van der Waals surface area contributed by atoms with Crippen molar-refractivity contribution in [2.24, 2.45) is 5.10 Å². The van der Waals surface area contributed by atoms with Crippen molar-refractivity contribution in [3.63, 3.8) is 0 Å². The van der Waals surface area contributed by atoms with Gasteiger partial charge >= 0.3 is 0 Å². The fourth-order valence-corrected chi connectivity index (χ4v) is 3.27. The van der Waals surface area contributed by atoms with Gasteiger partial charge in [-0.25, -0.2) is 5.43 Å². The second kappa shape index (κ2) is 8.68. The summed E-state index contributed by atoms with van der Waals surface area (Å²) in [6.45, 7) is 0.0892. The van der Waals surface area contributed by atoms with Crippen molar-refractivity contribution in [1.29, 1.82) is 0 Å². The minimum atomic E-state index is -0.277. The second-order valence-corrected chi connectivity index (χ2v) is 7.05. The van der Waals surface area contributed by atoms with Crippen molar-refractivity contribution in [2.75, 3.05) is 11.9 Å². The molecule has 2 aromatic rings. The molecule has 23 heavy (non-hydrogen) atoms. The van der Waals surface area contributed by atoms with E-state index in [0.29, 0.717) is 15.6 Å². The first-order valence-corrected chi connectivity index (χ1v) is 8.76. The number of nitrogens with one attached hydrogen (secondary N) is 2. The second-order valence-electron chi connectivity index (χ2n) is 4.44. The molecule has 2 N–H and O–H groups in total. The van der Waals surface area contributed by atoms with Crippen molar-refractivity contribution in [3.8, 4) is 0 Å². The van der Waals surface area contributed by atoms with Crippen LogP contribution in [0.4, 0.5) is 5.69 Å². The number of nitrogens with zero attached hydrogens (tertiary/aromatic N) is 1. The van der Waals surface area contributed by atoms with Crippen LogP contribution >= 0.6 is 55.1 Å². The summed E-state index contributed by atoms with van der Waals surface area (Å²) in [7, 11) is 0. The van der Waals surface area contributed by atoms with E-state index in [9.17, 15) is 4.79 Å². The summed E-state index contributed by atoms with van der Waals surface area (Å²) in [6.07, 6.45) is 1.46. The molecule has 2 aromatic carbocycles. The number of benzene rings is 2. The van der Waals surface area contributed by atoms with Crippen molar-refractivity contribution in [2.45, 2.75) is 0 Å². The zero-order chi connectivity index (χ0) is 16.8. The molecule has 0 saturated carbocycles. The molecule has 0 spiro atoms. The quantitative estimate of drug-likeness (QED) is 0.464. The molecule has 120 valence electrons. The summed E-state index contributed by atoms with van der Waals surface area (Å²) in [5.41, 5.74) is 3.91. The van der Waals surface area contributed by atoms with Crippen molar-refractivity contribution in [1.82, 2.24) is 5.43 Å². The Morgan fingerprint density at radius 3 is 2.65 bits per heavy atom. The van der Waals surface area contributed by atoms with E-state index in [1.54, 1.807) is 18.2 Å². The molecule has 0 fully saturated rings. The predicted octanol–water partition coefficient (Wildman–Crippen LogP) is 5.08. The monoisotopic (exact) mass is 477 g/mol. The zero-order valence-electron chi connectivity index (χ0n) is 11.6. The van der Waals surface area contributed by atoms with Crippen LogP contribution in [0.2, 0.25) is 10.0 Å². The smallest absolute Gasteiger partial charge is 0.259 e. The molecule has 0 saturated heterocycles. The number of hydrogen-bond donors (Lipinski definition) is 2. The third kappa shape index (κ3) is 5.80. The van der Waals surface area contributed by atoms with Gasteiger partial charge in [-0.15, -0.1) is 0 Å². The first-order valence-electron chi connectivity index (χ1n) is 6.41. The molecule has 0 atom stereocenters. The fourth-order valence-electron chi connectivity index (χ4n) is 1.63. The fraction of sp³-hybridized carbons (Fsp3) is 0.0667. The Balaban J connectivity index is 1.86. The Morgan fingerprint density at radius 1 is 1.17 bits per heavy atom. The number of anilines is 1. The van der Waals surface area contributed by atoms with Crippen LogP contribution in [0, 0.1) is 0 Å². The number of hydrogen-bond acceptors (Lipinski definition) is 3. The first-order chi connectivity index (χ1) is 11.0. The highest BCUT2D eigenvalue weighted by Crippen LogP contribution is 2.25. The highest BCUT2D eigenvalue weighted by atomic mass is 79.9. The summed E-state index contributed by atoms with van der Waals surface area (Å²) in [6, 6.07) is 10.7. The van der Waals surface area contributed by atoms with Gasteiger partial charge in [0.05, 0.1) is 17.8 Å². The molecular weight excluding hydrogens is 469 g/mol. The van der Waals surface area contributed by atoms with Gasteiger partial charge < -0.3 is 5.32 Å². The molecule has 0 unspecified atom stereocenters. The number of carbonyl (C=O) groups excluding carboxylic acids is 1. The van der Waals surface area contributed by atoms with Crippen molar-refractivity contribution < 1.29 is 4.79 Å². The van der Waals surface area contributed by atoms with E-state index in [4.69, 9.17) is 23.2 Å². The molecule has 2 rings (SSSR count). The van der Waals surface area contributed by atoms with Crippen LogP contribution in [0.15, 0.2) is 50.4 Å². The molecule has 0 heterocycles. The van der Waals surface area contributed by atoms with Crippen LogP contribution < -0.4 is 10.7 Å². The van der Waals surface area contributed by atoms with Gasteiger partial charge in [-0.3, -0.25) is 4.79 Å². The average molecular weight is 480 g/mol. The van der Waals surface area contributed by atoms with Gasteiger partial charge in [0, 0.05) is 25.2 Å². The van der Waals surface area contributed by atoms with E-state index in [2.05, 4.69) is 47.7 Å². The lowest BCUT2D eigenvalue weighted by Crippen LogP contribution is -2.26. The maximum Gasteiger partial charge on any atom is 0.259 e. The molecule has 8 heteroatoms. The van der Waals surface area contributed by atoms with Gasteiger partial charge in [-0.1, -0.05) is 45.2 Å². The van der Waals surface area contributed by atoms with Crippen LogP contribution in [0.1, 0.15) is 5.56 Å². The van der Waals surface area contributed by atoms with Crippen LogP contribution in [-0.2, 0) is 4.79 Å². The number of halogens is 4. The Morgan fingerprint density at radius 2 is 1.96 bits per heavy atom. The van der Waals surface area contributed by atoms with Crippen molar-refractivity contribution in [3.05, 3.63) is 61.0 Å². The standard InChI is InChI=1S/C15H11Br2Cl2N3O/c16-10-2-4-14(12(17)5-10)20-8-15(23)22-21-7-9-1-3-11(18)6-13(9)19/h1-7,20H,8H2,(H,22,23)/b21-7+. The first kappa shape index (κ1) is 18.3. The van der Waals surface area contributed by atoms with E-state index in [-0.39, 0.29) is 12.5 Å². The third-order valence-corrected chi connectivity index (χ3v) is 4.44. The summed E-state index contributed by atoms with van der Waals surface area (Å²) in [4.78, 5) is 11.8. The molecule has 0 bridgehead atoms. The lowest BCUT2D eigenvalue weighted by Gasteiger charge is -2.07. The van der Waals surface area contributed by atoms with Crippen LogP contribution in [0.25, 0.3) is 0 Å². The molecule has 0 radical (unpaired) electrons. The predicted molar refractivity (Wildman–Crippen MR) is 103 cm³/mol. The highest BCUT2D eigenvalue weighted by Gasteiger charge is 2.04. The molecule has 4 nitrogen and oxygen atoms in total. The number of amides is 1. The highest BCUT2D eigenvalue weighted by molar-refractivity contribution is 9.11. The van der Waals surface area contributed by atoms with Crippen LogP contribution in [-0.4, -0.2) is 18.7 Å². The number of carbonyl (C=O) groups is 1. The van der Waals surface area contributed by atoms with E-state index >= 15 is 0 Å². The Kier molecular flexibility index (Phi) is 6.89. The van der Waals surface area contributed by atoms with Gasteiger partial charge in [0.15, 0.2) is 0 Å². The average Bonchev–Trinajstić information content (AvgIpc) is 2.48. The van der Waals surface area contributed by atoms with Crippen LogP contribution in [0.3, 0.4) is 0 Å². The molecule has 0 aliphatic heterocycles. The lowest BCUT2D eigenvalue weighted by molar-refractivity contribution is -0.119. The maximum absolute atomic E-state index is 11.8. The normalized spacial score (nSPS) is 10.8. The van der Waals surface area contributed by atoms with E-state index in [0.717, 1.165) is 14.6 Å². The van der Waals surface area contributed by atoms with Crippen molar-refractivity contribution >= 4 is 72.9 Å². The number of hydrazone groups is 1.